The molecule has 108 valence electrons. The molecule has 1 aromatic carbocycles. The van der Waals surface area contributed by atoms with E-state index in [0.717, 1.165) is 0 Å². The minimum Gasteiger partial charge on any atom is -0.448 e. The van der Waals surface area contributed by atoms with E-state index in [1.165, 1.54) is 0 Å². The number of nitrogen functional groups attached to an aromatic ring is 1. The maximum absolute atomic E-state index is 11.7. The van der Waals surface area contributed by atoms with Crippen molar-refractivity contribution >= 4 is 23.6 Å². The van der Waals surface area contributed by atoms with Crippen molar-refractivity contribution in [1.29, 1.82) is 0 Å². The lowest BCUT2D eigenvalue weighted by molar-refractivity contribution is -0.120. The van der Waals surface area contributed by atoms with Crippen LogP contribution >= 0.6 is 0 Å². The van der Waals surface area contributed by atoms with E-state index in [2.05, 4.69) is 15.4 Å². The second kappa shape index (κ2) is 7.62. The van der Waals surface area contributed by atoms with Crippen LogP contribution in [0.25, 0.3) is 0 Å². The maximum Gasteiger partial charge on any atom is 0.404 e. The number of carbonyl (C=O) groups is 3. The van der Waals surface area contributed by atoms with Gasteiger partial charge in [0.1, 0.15) is 6.61 Å². The van der Waals surface area contributed by atoms with Crippen molar-refractivity contribution in [2.24, 2.45) is 5.73 Å². The van der Waals surface area contributed by atoms with Crippen LogP contribution in [0, 0.1) is 0 Å². The average Bonchev–Trinajstić information content (AvgIpc) is 2.41. The van der Waals surface area contributed by atoms with Crippen molar-refractivity contribution in [2.75, 3.05) is 25.4 Å². The standard InChI is InChI=1S/C12H16N4O4/c13-9-3-1-8(2-4-9)11(18)16-7-10(17)15-5-6-20-12(14)19/h1-4H,5-7,13H2,(H2,14,19)(H,15,17)(H,16,18). The van der Waals surface area contributed by atoms with Gasteiger partial charge in [-0.15, -0.1) is 0 Å². The predicted octanol–water partition coefficient (Wildman–Crippen LogP) is -0.790. The number of anilines is 1. The van der Waals surface area contributed by atoms with Gasteiger partial charge in [-0.1, -0.05) is 0 Å². The van der Waals surface area contributed by atoms with Gasteiger partial charge in [0.25, 0.3) is 5.91 Å². The summed E-state index contributed by atoms with van der Waals surface area (Å²) in [5, 5.41) is 4.89. The highest BCUT2D eigenvalue weighted by Gasteiger charge is 2.07. The molecule has 6 N–H and O–H groups in total. The van der Waals surface area contributed by atoms with Crippen molar-refractivity contribution < 1.29 is 19.1 Å². The molecule has 0 atom stereocenters. The van der Waals surface area contributed by atoms with Gasteiger partial charge in [0, 0.05) is 11.3 Å². The maximum atomic E-state index is 11.7. The minimum atomic E-state index is -0.907. The number of nitrogens with two attached hydrogens (primary N) is 2. The Kier molecular flexibility index (Phi) is 5.82. The quantitative estimate of drug-likeness (QED) is 0.400. The van der Waals surface area contributed by atoms with Crippen LogP contribution in [0.5, 0.6) is 0 Å². The van der Waals surface area contributed by atoms with Gasteiger partial charge >= 0.3 is 6.09 Å². The molecule has 0 fully saturated rings. The number of nitrogens with one attached hydrogen (secondary N) is 2. The molecule has 8 nitrogen and oxygen atoms in total. The first-order chi connectivity index (χ1) is 9.49. The first-order valence-corrected chi connectivity index (χ1v) is 5.81. The molecule has 0 saturated heterocycles. The monoisotopic (exact) mass is 280 g/mol. The zero-order valence-corrected chi connectivity index (χ0v) is 10.7. The Morgan fingerprint density at radius 2 is 1.75 bits per heavy atom. The van der Waals surface area contributed by atoms with Gasteiger partial charge in [-0.25, -0.2) is 4.79 Å². The molecule has 0 bridgehead atoms. The van der Waals surface area contributed by atoms with Gasteiger partial charge in [-0.3, -0.25) is 9.59 Å². The number of amides is 3. The number of hydrogen-bond acceptors (Lipinski definition) is 5. The van der Waals surface area contributed by atoms with Crippen LogP contribution in [0.4, 0.5) is 10.5 Å². The van der Waals surface area contributed by atoms with Gasteiger partial charge in [-0.2, -0.15) is 0 Å². The third-order valence-corrected chi connectivity index (χ3v) is 2.25. The molecule has 1 aromatic rings. The summed E-state index contributed by atoms with van der Waals surface area (Å²) in [6, 6.07) is 6.30. The molecule has 0 aliphatic carbocycles. The average molecular weight is 280 g/mol. The Morgan fingerprint density at radius 1 is 1.10 bits per heavy atom. The molecule has 0 saturated carbocycles. The first kappa shape index (κ1) is 15.3. The van der Waals surface area contributed by atoms with Crippen LogP contribution in [-0.4, -0.2) is 37.6 Å². The van der Waals surface area contributed by atoms with Crippen molar-refractivity contribution in [3.8, 4) is 0 Å². The van der Waals surface area contributed by atoms with E-state index in [4.69, 9.17) is 11.5 Å². The highest BCUT2D eigenvalue weighted by Crippen LogP contribution is 2.04. The van der Waals surface area contributed by atoms with Gasteiger partial charge in [0.15, 0.2) is 0 Å². The summed E-state index contributed by atoms with van der Waals surface area (Å²) in [4.78, 5) is 33.3. The third-order valence-electron chi connectivity index (χ3n) is 2.25. The van der Waals surface area contributed by atoms with E-state index >= 15 is 0 Å². The topological polar surface area (TPSA) is 137 Å². The third kappa shape index (κ3) is 5.71. The normalized spacial score (nSPS) is 9.60. The fourth-order valence-electron chi connectivity index (χ4n) is 1.30. The van der Waals surface area contributed by atoms with Gasteiger partial charge < -0.3 is 26.8 Å². The predicted molar refractivity (Wildman–Crippen MR) is 71.7 cm³/mol. The number of hydrogen-bond donors (Lipinski definition) is 4. The summed E-state index contributed by atoms with van der Waals surface area (Å²) < 4.78 is 4.42. The molecule has 1 rings (SSSR count). The van der Waals surface area contributed by atoms with Crippen LogP contribution in [0.15, 0.2) is 24.3 Å². The minimum absolute atomic E-state index is 0.0209. The lowest BCUT2D eigenvalue weighted by Crippen LogP contribution is -2.38. The summed E-state index contributed by atoms with van der Waals surface area (Å²) in [6.45, 7) is -0.0771. The molecule has 0 aliphatic heterocycles. The van der Waals surface area contributed by atoms with Gasteiger partial charge in [-0.05, 0) is 24.3 Å². The largest absolute Gasteiger partial charge is 0.448 e. The molecule has 0 aromatic heterocycles. The Hall–Kier alpha value is -2.77. The summed E-state index contributed by atoms with van der Waals surface area (Å²) in [7, 11) is 0. The summed E-state index contributed by atoms with van der Waals surface area (Å²) in [5.41, 5.74) is 11.2. The molecule has 0 radical (unpaired) electrons. The van der Waals surface area contributed by atoms with Crippen LogP contribution in [-0.2, 0) is 9.53 Å². The Labute approximate surface area is 115 Å². The fraction of sp³-hybridized carbons (Fsp3) is 0.250. The lowest BCUT2D eigenvalue weighted by Gasteiger charge is -2.07. The number of benzene rings is 1. The lowest BCUT2D eigenvalue weighted by atomic mass is 10.2. The Bertz CT molecular complexity index is 487. The van der Waals surface area contributed by atoms with E-state index in [1.807, 2.05) is 0 Å². The molecule has 0 heterocycles. The second-order valence-electron chi connectivity index (χ2n) is 3.82. The molecule has 8 heteroatoms. The van der Waals surface area contributed by atoms with Crippen molar-refractivity contribution in [3.05, 3.63) is 29.8 Å². The molecule has 0 unspecified atom stereocenters. The second-order valence-corrected chi connectivity index (χ2v) is 3.82. The first-order valence-electron chi connectivity index (χ1n) is 5.81. The summed E-state index contributed by atoms with van der Waals surface area (Å²) in [6.07, 6.45) is -0.907. The van der Waals surface area contributed by atoms with E-state index in [-0.39, 0.29) is 25.6 Å². The zero-order valence-electron chi connectivity index (χ0n) is 10.7. The van der Waals surface area contributed by atoms with Crippen LogP contribution in [0.1, 0.15) is 10.4 Å². The number of primary amides is 1. The molecular formula is C12H16N4O4. The van der Waals surface area contributed by atoms with Crippen molar-refractivity contribution in [3.63, 3.8) is 0 Å². The van der Waals surface area contributed by atoms with E-state index < -0.39 is 12.0 Å². The van der Waals surface area contributed by atoms with Crippen LogP contribution in [0.3, 0.4) is 0 Å². The summed E-state index contributed by atoms with van der Waals surface area (Å²) in [5.74, 6) is -0.782. The molecule has 3 amide bonds. The van der Waals surface area contributed by atoms with E-state index in [9.17, 15) is 14.4 Å². The fourth-order valence-corrected chi connectivity index (χ4v) is 1.30. The van der Waals surface area contributed by atoms with E-state index in [0.29, 0.717) is 11.3 Å². The smallest absolute Gasteiger partial charge is 0.404 e. The van der Waals surface area contributed by atoms with E-state index in [1.54, 1.807) is 24.3 Å². The SMILES string of the molecule is NC(=O)OCCNC(=O)CNC(=O)c1ccc(N)cc1. The number of carbonyl (C=O) groups excluding carboxylic acids is 3. The number of rotatable bonds is 6. The molecular weight excluding hydrogens is 264 g/mol. The Morgan fingerprint density at radius 3 is 2.35 bits per heavy atom. The highest BCUT2D eigenvalue weighted by molar-refractivity contribution is 5.96. The molecule has 0 aliphatic rings. The molecule has 20 heavy (non-hydrogen) atoms. The number of ether oxygens (including phenoxy) is 1. The van der Waals surface area contributed by atoms with Crippen LogP contribution in [0.2, 0.25) is 0 Å². The molecule has 0 spiro atoms. The van der Waals surface area contributed by atoms with Gasteiger partial charge in [0.2, 0.25) is 5.91 Å². The van der Waals surface area contributed by atoms with Crippen molar-refractivity contribution in [2.45, 2.75) is 0 Å². The van der Waals surface area contributed by atoms with Crippen molar-refractivity contribution in [1.82, 2.24) is 10.6 Å². The van der Waals surface area contributed by atoms with Crippen LogP contribution < -0.4 is 22.1 Å². The summed E-state index contributed by atoms with van der Waals surface area (Å²) >= 11 is 0. The highest BCUT2D eigenvalue weighted by atomic mass is 16.5. The van der Waals surface area contributed by atoms with Gasteiger partial charge in [0.05, 0.1) is 13.1 Å². The Balaban J connectivity index is 2.25. The zero-order chi connectivity index (χ0) is 15.0.